The molecule has 0 amide bonds. The molecule has 0 aliphatic heterocycles. The number of benzene rings is 1. The molecule has 7 nitrogen and oxygen atoms in total. The second-order valence-corrected chi connectivity index (χ2v) is 4.46. The molecule has 1 heterocycles. The summed E-state index contributed by atoms with van der Waals surface area (Å²) in [6.45, 7) is 1.58. The smallest absolute Gasteiger partial charge is 0.335 e. The number of aromatic carboxylic acids is 1. The average molecular weight is 289 g/mol. The van der Waals surface area contributed by atoms with Crippen LogP contribution in [0.15, 0.2) is 29.1 Å². The highest BCUT2D eigenvalue weighted by atomic mass is 16.4. The molecule has 0 unspecified atom stereocenters. The Morgan fingerprint density at radius 3 is 2.52 bits per heavy atom. The molecular weight excluding hydrogens is 274 g/mol. The van der Waals surface area contributed by atoms with Crippen LogP contribution in [0.5, 0.6) is 0 Å². The second-order valence-electron chi connectivity index (χ2n) is 4.46. The van der Waals surface area contributed by atoms with E-state index in [9.17, 15) is 9.59 Å². The van der Waals surface area contributed by atoms with Gasteiger partial charge in [-0.3, -0.25) is 9.78 Å². The quantitative estimate of drug-likeness (QED) is 0.654. The minimum absolute atomic E-state index is 0.116. The molecule has 0 atom stereocenters. The number of nitrogens with one attached hydrogen (secondary N) is 2. The van der Waals surface area contributed by atoms with Crippen LogP contribution in [0.2, 0.25) is 0 Å². The molecular formula is C14H15N3O4. The van der Waals surface area contributed by atoms with E-state index in [-0.39, 0.29) is 30.1 Å². The Kier molecular flexibility index (Phi) is 4.34. The van der Waals surface area contributed by atoms with Crippen LogP contribution in [0.4, 0.5) is 11.6 Å². The second kappa shape index (κ2) is 6.19. The highest BCUT2D eigenvalue weighted by Crippen LogP contribution is 2.14. The van der Waals surface area contributed by atoms with Crippen molar-refractivity contribution in [3.8, 4) is 0 Å². The van der Waals surface area contributed by atoms with Gasteiger partial charge < -0.3 is 15.5 Å². The van der Waals surface area contributed by atoms with Gasteiger partial charge in [-0.15, -0.1) is 0 Å². The summed E-state index contributed by atoms with van der Waals surface area (Å²) in [5.74, 6) is -0.737. The summed E-state index contributed by atoms with van der Waals surface area (Å²) < 4.78 is 0. The fraction of sp³-hybridized carbons (Fsp3) is 0.214. The van der Waals surface area contributed by atoms with Crippen LogP contribution >= 0.6 is 0 Å². The average Bonchev–Trinajstić information content (AvgIpc) is 2.43. The fourth-order valence-electron chi connectivity index (χ4n) is 1.91. The summed E-state index contributed by atoms with van der Waals surface area (Å²) in [6, 6.07) is 6.08. The predicted molar refractivity (Wildman–Crippen MR) is 77.1 cm³/mol. The van der Waals surface area contributed by atoms with Gasteiger partial charge in [0.25, 0.3) is 5.56 Å². The zero-order chi connectivity index (χ0) is 15.4. The standard InChI is InChI=1S/C14H15N3O4/c1-8-11(6-7-18)12(19)17-14(15-8)16-10-4-2-9(3-5-10)13(20)21/h2-5,18H,6-7H2,1H3,(H,20,21)(H2,15,16,17,19). The monoisotopic (exact) mass is 289 g/mol. The number of anilines is 2. The predicted octanol–water partition coefficient (Wildman–Crippen LogP) is 1.05. The number of aliphatic hydroxyl groups is 1. The van der Waals surface area contributed by atoms with Crippen molar-refractivity contribution in [2.75, 3.05) is 11.9 Å². The molecule has 0 radical (unpaired) electrons. The van der Waals surface area contributed by atoms with Crippen molar-refractivity contribution in [3.05, 3.63) is 51.4 Å². The zero-order valence-corrected chi connectivity index (χ0v) is 11.4. The third-order valence-corrected chi connectivity index (χ3v) is 2.98. The van der Waals surface area contributed by atoms with Gasteiger partial charge in [0.2, 0.25) is 5.95 Å². The van der Waals surface area contributed by atoms with E-state index in [1.54, 1.807) is 19.1 Å². The van der Waals surface area contributed by atoms with E-state index in [0.29, 0.717) is 16.9 Å². The number of H-pyrrole nitrogens is 1. The van der Waals surface area contributed by atoms with Crippen molar-refractivity contribution in [1.82, 2.24) is 9.97 Å². The lowest BCUT2D eigenvalue weighted by molar-refractivity contribution is 0.0697. The number of aryl methyl sites for hydroxylation is 1. The van der Waals surface area contributed by atoms with Crippen LogP contribution in [0.3, 0.4) is 0 Å². The summed E-state index contributed by atoms with van der Waals surface area (Å²) >= 11 is 0. The number of carboxylic acids is 1. The summed E-state index contributed by atoms with van der Waals surface area (Å²) in [5, 5.41) is 20.6. The van der Waals surface area contributed by atoms with Gasteiger partial charge in [-0.1, -0.05) is 0 Å². The number of aromatic amines is 1. The Hall–Kier alpha value is -2.67. The van der Waals surface area contributed by atoms with Crippen molar-refractivity contribution < 1.29 is 15.0 Å². The molecule has 21 heavy (non-hydrogen) atoms. The minimum Gasteiger partial charge on any atom is -0.478 e. The first-order valence-electron chi connectivity index (χ1n) is 6.32. The van der Waals surface area contributed by atoms with Crippen LogP contribution in [0, 0.1) is 6.92 Å². The number of rotatable bonds is 5. The van der Waals surface area contributed by atoms with Crippen molar-refractivity contribution >= 4 is 17.6 Å². The van der Waals surface area contributed by atoms with E-state index in [1.165, 1.54) is 12.1 Å². The van der Waals surface area contributed by atoms with Crippen molar-refractivity contribution in [3.63, 3.8) is 0 Å². The third kappa shape index (κ3) is 3.46. The number of aromatic nitrogens is 2. The van der Waals surface area contributed by atoms with Crippen LogP contribution in [0.25, 0.3) is 0 Å². The lowest BCUT2D eigenvalue weighted by Gasteiger charge is -2.08. The Balaban J connectivity index is 2.23. The lowest BCUT2D eigenvalue weighted by Crippen LogP contribution is -2.19. The number of aliphatic hydroxyl groups excluding tert-OH is 1. The molecule has 110 valence electrons. The maximum Gasteiger partial charge on any atom is 0.335 e. The first-order valence-corrected chi connectivity index (χ1v) is 6.32. The molecule has 0 aliphatic rings. The van der Waals surface area contributed by atoms with Crippen molar-refractivity contribution in [2.24, 2.45) is 0 Å². The topological polar surface area (TPSA) is 115 Å². The molecule has 0 aliphatic carbocycles. The molecule has 7 heteroatoms. The molecule has 2 aromatic rings. The molecule has 1 aromatic heterocycles. The highest BCUT2D eigenvalue weighted by Gasteiger charge is 2.08. The van der Waals surface area contributed by atoms with Crippen molar-refractivity contribution in [1.29, 1.82) is 0 Å². The Morgan fingerprint density at radius 1 is 1.33 bits per heavy atom. The highest BCUT2D eigenvalue weighted by molar-refractivity contribution is 5.88. The molecule has 1 aromatic carbocycles. The summed E-state index contributed by atoms with van der Waals surface area (Å²) in [5.41, 5.74) is 1.47. The van der Waals surface area contributed by atoms with Gasteiger partial charge in [-0.25, -0.2) is 9.78 Å². The number of hydrogen-bond acceptors (Lipinski definition) is 5. The van der Waals surface area contributed by atoms with Gasteiger partial charge in [-0.2, -0.15) is 0 Å². The van der Waals surface area contributed by atoms with Gasteiger partial charge in [0.05, 0.1) is 11.3 Å². The summed E-state index contributed by atoms with van der Waals surface area (Å²) in [6.07, 6.45) is 0.252. The van der Waals surface area contributed by atoms with Crippen LogP contribution in [-0.4, -0.2) is 32.8 Å². The van der Waals surface area contributed by atoms with Crippen molar-refractivity contribution in [2.45, 2.75) is 13.3 Å². The van der Waals surface area contributed by atoms with Gasteiger partial charge in [0.15, 0.2) is 0 Å². The summed E-state index contributed by atoms with van der Waals surface area (Å²) in [4.78, 5) is 29.4. The van der Waals surface area contributed by atoms with Gasteiger partial charge in [0.1, 0.15) is 0 Å². The normalized spacial score (nSPS) is 10.4. The van der Waals surface area contributed by atoms with Gasteiger partial charge in [-0.05, 0) is 31.2 Å². The van der Waals surface area contributed by atoms with E-state index >= 15 is 0 Å². The van der Waals surface area contributed by atoms with Gasteiger partial charge >= 0.3 is 5.97 Å². The third-order valence-electron chi connectivity index (χ3n) is 2.98. The number of carbonyl (C=O) groups is 1. The Labute approximate surface area is 120 Å². The van der Waals surface area contributed by atoms with E-state index < -0.39 is 5.97 Å². The molecule has 2 rings (SSSR count). The molecule has 4 N–H and O–H groups in total. The maximum absolute atomic E-state index is 11.9. The largest absolute Gasteiger partial charge is 0.478 e. The van der Waals surface area contributed by atoms with Crippen LogP contribution in [-0.2, 0) is 6.42 Å². The maximum atomic E-state index is 11.9. The lowest BCUT2D eigenvalue weighted by atomic mass is 10.2. The molecule has 0 spiro atoms. The molecule has 0 saturated carbocycles. The molecule has 0 bridgehead atoms. The molecule has 0 saturated heterocycles. The Morgan fingerprint density at radius 2 is 2.00 bits per heavy atom. The van der Waals surface area contributed by atoms with E-state index in [2.05, 4.69) is 15.3 Å². The zero-order valence-electron chi connectivity index (χ0n) is 11.4. The Bertz CT molecular complexity index is 707. The first-order chi connectivity index (χ1) is 10.0. The molecule has 0 fully saturated rings. The number of nitrogens with zero attached hydrogens (tertiary/aromatic N) is 1. The SMILES string of the molecule is Cc1nc(Nc2ccc(C(=O)O)cc2)[nH]c(=O)c1CCO. The van der Waals surface area contributed by atoms with E-state index in [1.807, 2.05) is 0 Å². The fourth-order valence-corrected chi connectivity index (χ4v) is 1.91. The van der Waals surface area contributed by atoms with Crippen LogP contribution < -0.4 is 10.9 Å². The summed E-state index contributed by atoms with van der Waals surface area (Å²) in [7, 11) is 0. The van der Waals surface area contributed by atoms with E-state index in [0.717, 1.165) is 0 Å². The van der Waals surface area contributed by atoms with Gasteiger partial charge in [0, 0.05) is 24.3 Å². The number of carboxylic acid groups (broad SMARTS) is 1. The number of hydrogen-bond donors (Lipinski definition) is 4. The first kappa shape index (κ1) is 14.7. The van der Waals surface area contributed by atoms with Crippen LogP contribution in [0.1, 0.15) is 21.6 Å². The minimum atomic E-state index is -1.00. The van der Waals surface area contributed by atoms with E-state index in [4.69, 9.17) is 10.2 Å².